The third-order valence-corrected chi connectivity index (χ3v) is 5.16. The molecule has 2 heterocycles. The Morgan fingerprint density at radius 1 is 1.07 bits per heavy atom. The number of hydrogen-bond donors (Lipinski definition) is 0. The fourth-order valence-electron chi connectivity index (χ4n) is 3.74. The maximum Gasteiger partial charge on any atom is 0.244 e. The van der Waals surface area contributed by atoms with E-state index in [1.54, 1.807) is 11.0 Å². The fourth-order valence-corrected chi connectivity index (χ4v) is 3.74. The molecule has 3 aromatic rings. The monoisotopic (exact) mass is 376 g/mol. The molecule has 0 N–H and O–H groups in total. The highest BCUT2D eigenvalue weighted by Crippen LogP contribution is 2.30. The van der Waals surface area contributed by atoms with Gasteiger partial charge in [0.25, 0.3) is 0 Å². The van der Waals surface area contributed by atoms with E-state index >= 15 is 0 Å². The Balaban J connectivity index is 1.46. The van der Waals surface area contributed by atoms with Crippen molar-refractivity contribution in [3.05, 3.63) is 84.4 Å². The topological polar surface area (TPSA) is 60.2 Å². The zero-order chi connectivity index (χ0) is 19.2. The van der Waals surface area contributed by atoms with Crippen molar-refractivity contribution in [2.45, 2.75) is 25.0 Å². The standard InChI is InChI=1S/C22H24N4O2/c27-22(15-26-17-23-16-24-26)25-11-12-28-20(14-25)13-21(18-7-3-1-4-8-18)19-9-5-2-6-10-19/h1-10,16-17,20-21H,11-15H2/t20-/m1/s1. The maximum absolute atomic E-state index is 12.6. The van der Waals surface area contributed by atoms with E-state index in [2.05, 4.69) is 58.6 Å². The van der Waals surface area contributed by atoms with E-state index in [1.165, 1.54) is 17.5 Å². The van der Waals surface area contributed by atoms with E-state index < -0.39 is 0 Å². The van der Waals surface area contributed by atoms with Gasteiger partial charge < -0.3 is 9.64 Å². The molecule has 28 heavy (non-hydrogen) atoms. The lowest BCUT2D eigenvalue weighted by molar-refractivity contribution is -0.139. The molecule has 1 aromatic heterocycles. The molecule has 2 aromatic carbocycles. The second kappa shape index (κ2) is 8.80. The van der Waals surface area contributed by atoms with Crippen LogP contribution in [-0.2, 0) is 16.1 Å². The fraction of sp³-hybridized carbons (Fsp3) is 0.318. The second-order valence-electron chi connectivity index (χ2n) is 7.04. The molecule has 1 atom stereocenters. The molecule has 144 valence electrons. The van der Waals surface area contributed by atoms with Crippen LogP contribution in [0.4, 0.5) is 0 Å². The van der Waals surface area contributed by atoms with Gasteiger partial charge in [-0.05, 0) is 17.5 Å². The summed E-state index contributed by atoms with van der Waals surface area (Å²) < 4.78 is 7.60. The number of benzene rings is 2. The number of nitrogens with zero attached hydrogens (tertiary/aromatic N) is 4. The minimum atomic E-state index is -0.00106. The number of aromatic nitrogens is 3. The highest BCUT2D eigenvalue weighted by molar-refractivity contribution is 5.76. The van der Waals surface area contributed by atoms with Crippen LogP contribution >= 0.6 is 0 Å². The van der Waals surface area contributed by atoms with E-state index in [4.69, 9.17) is 4.74 Å². The van der Waals surface area contributed by atoms with Crippen LogP contribution in [0.15, 0.2) is 73.3 Å². The summed E-state index contributed by atoms with van der Waals surface area (Å²) in [6, 6.07) is 21.0. The zero-order valence-corrected chi connectivity index (χ0v) is 15.7. The van der Waals surface area contributed by atoms with Gasteiger partial charge in [0.15, 0.2) is 0 Å². The van der Waals surface area contributed by atoms with Crippen molar-refractivity contribution in [3.8, 4) is 0 Å². The summed E-state index contributed by atoms with van der Waals surface area (Å²) >= 11 is 0. The summed E-state index contributed by atoms with van der Waals surface area (Å²) in [4.78, 5) is 18.4. The van der Waals surface area contributed by atoms with Crippen molar-refractivity contribution in [2.24, 2.45) is 0 Å². The Kier molecular flexibility index (Phi) is 5.77. The van der Waals surface area contributed by atoms with Crippen molar-refractivity contribution in [1.29, 1.82) is 0 Å². The Morgan fingerprint density at radius 3 is 2.36 bits per heavy atom. The number of amides is 1. The molecule has 0 spiro atoms. The maximum atomic E-state index is 12.6. The summed E-state index contributed by atoms with van der Waals surface area (Å²) in [5, 5.41) is 4.02. The lowest BCUT2D eigenvalue weighted by Crippen LogP contribution is -2.47. The van der Waals surface area contributed by atoms with Crippen molar-refractivity contribution in [1.82, 2.24) is 19.7 Å². The Bertz CT molecular complexity index is 829. The predicted octanol–water partition coefficient (Wildman–Crippen LogP) is 2.73. The summed E-state index contributed by atoms with van der Waals surface area (Å²) in [5.41, 5.74) is 2.53. The first-order valence-corrected chi connectivity index (χ1v) is 9.61. The van der Waals surface area contributed by atoms with Gasteiger partial charge in [0.1, 0.15) is 19.2 Å². The van der Waals surface area contributed by atoms with E-state index in [-0.39, 0.29) is 24.5 Å². The smallest absolute Gasteiger partial charge is 0.244 e. The number of carbonyl (C=O) groups is 1. The van der Waals surface area contributed by atoms with Gasteiger partial charge in [-0.1, -0.05) is 60.7 Å². The van der Waals surface area contributed by atoms with Gasteiger partial charge in [-0.15, -0.1) is 0 Å². The SMILES string of the molecule is O=C(Cn1cncn1)N1CCO[C@H](CC(c2ccccc2)c2ccccc2)C1. The largest absolute Gasteiger partial charge is 0.375 e. The third kappa shape index (κ3) is 4.46. The number of ether oxygens (including phenoxy) is 1. The first-order valence-electron chi connectivity index (χ1n) is 9.61. The van der Waals surface area contributed by atoms with Crippen LogP contribution in [0.2, 0.25) is 0 Å². The number of hydrogen-bond acceptors (Lipinski definition) is 4. The van der Waals surface area contributed by atoms with Crippen molar-refractivity contribution in [3.63, 3.8) is 0 Å². The quantitative estimate of drug-likeness (QED) is 0.664. The lowest BCUT2D eigenvalue weighted by Gasteiger charge is -2.35. The first-order chi connectivity index (χ1) is 13.8. The highest BCUT2D eigenvalue weighted by Gasteiger charge is 2.28. The highest BCUT2D eigenvalue weighted by atomic mass is 16.5. The molecular formula is C22H24N4O2. The van der Waals surface area contributed by atoms with E-state index in [9.17, 15) is 4.79 Å². The molecular weight excluding hydrogens is 352 g/mol. The average molecular weight is 376 g/mol. The van der Waals surface area contributed by atoms with Crippen LogP contribution in [-0.4, -0.2) is 51.4 Å². The molecule has 4 rings (SSSR count). The third-order valence-electron chi connectivity index (χ3n) is 5.16. The second-order valence-corrected chi connectivity index (χ2v) is 7.04. The lowest BCUT2D eigenvalue weighted by atomic mass is 9.86. The van der Waals surface area contributed by atoms with E-state index in [1.807, 2.05) is 17.0 Å². The van der Waals surface area contributed by atoms with Gasteiger partial charge in [-0.25, -0.2) is 9.67 Å². The Hall–Kier alpha value is -2.99. The number of carbonyl (C=O) groups excluding carboxylic acids is 1. The molecule has 6 nitrogen and oxygen atoms in total. The van der Waals surface area contributed by atoms with Crippen molar-refractivity contribution in [2.75, 3.05) is 19.7 Å². The minimum Gasteiger partial charge on any atom is -0.375 e. The molecule has 0 saturated carbocycles. The molecule has 1 amide bonds. The molecule has 0 radical (unpaired) electrons. The van der Waals surface area contributed by atoms with E-state index in [0.717, 1.165) is 6.42 Å². The van der Waals surface area contributed by atoms with Crippen molar-refractivity contribution >= 4 is 5.91 Å². The molecule has 1 saturated heterocycles. The number of rotatable bonds is 6. The van der Waals surface area contributed by atoms with Gasteiger partial charge >= 0.3 is 0 Å². The zero-order valence-electron chi connectivity index (χ0n) is 15.7. The van der Waals surface area contributed by atoms with Gasteiger partial charge in [0.2, 0.25) is 5.91 Å². The normalized spacial score (nSPS) is 17.0. The van der Waals surface area contributed by atoms with Crippen molar-refractivity contribution < 1.29 is 9.53 Å². The summed E-state index contributed by atoms with van der Waals surface area (Å²) in [7, 11) is 0. The Labute approximate surface area is 164 Å². The molecule has 0 unspecified atom stereocenters. The van der Waals surface area contributed by atoms with Crippen LogP contribution < -0.4 is 0 Å². The van der Waals surface area contributed by atoms with E-state index in [0.29, 0.717) is 19.7 Å². The van der Waals surface area contributed by atoms with Crippen LogP contribution in [0.1, 0.15) is 23.5 Å². The number of morpholine rings is 1. The first kappa shape index (κ1) is 18.4. The van der Waals surface area contributed by atoms with Crippen LogP contribution in [0, 0.1) is 0 Å². The van der Waals surface area contributed by atoms with Gasteiger partial charge in [-0.2, -0.15) is 5.10 Å². The van der Waals surface area contributed by atoms with Gasteiger partial charge in [0, 0.05) is 19.0 Å². The molecule has 1 fully saturated rings. The summed E-state index contributed by atoms with van der Waals surface area (Å²) in [6.07, 6.45) is 3.84. The molecule has 0 bridgehead atoms. The molecule has 1 aliphatic rings. The summed E-state index contributed by atoms with van der Waals surface area (Å²) in [6.45, 7) is 1.99. The summed E-state index contributed by atoms with van der Waals surface area (Å²) in [5.74, 6) is 0.285. The van der Waals surface area contributed by atoms with Gasteiger partial charge in [0.05, 0.1) is 12.7 Å². The molecule has 0 aliphatic carbocycles. The average Bonchev–Trinajstić information content (AvgIpc) is 3.26. The van der Waals surface area contributed by atoms with Gasteiger partial charge in [-0.3, -0.25) is 4.79 Å². The minimum absolute atomic E-state index is 0.00106. The van der Waals surface area contributed by atoms with Crippen LogP contribution in [0.5, 0.6) is 0 Å². The van der Waals surface area contributed by atoms with Crippen LogP contribution in [0.25, 0.3) is 0 Å². The molecule has 1 aliphatic heterocycles. The molecule has 6 heteroatoms. The Morgan fingerprint density at radius 2 is 1.75 bits per heavy atom. The predicted molar refractivity (Wildman–Crippen MR) is 106 cm³/mol. The van der Waals surface area contributed by atoms with Crippen LogP contribution in [0.3, 0.4) is 0 Å².